The predicted octanol–water partition coefficient (Wildman–Crippen LogP) is 4.50. The highest BCUT2D eigenvalue weighted by atomic mass is 16.5. The van der Waals surface area contributed by atoms with Crippen molar-refractivity contribution in [3.05, 3.63) is 60.7 Å². The molecule has 0 unspecified atom stereocenters. The van der Waals surface area contributed by atoms with E-state index in [1.165, 1.54) is 0 Å². The molecule has 0 aliphatic rings. The van der Waals surface area contributed by atoms with Crippen molar-refractivity contribution in [2.45, 2.75) is 26.9 Å². The second-order valence-corrected chi connectivity index (χ2v) is 6.75. The molecule has 26 heavy (non-hydrogen) atoms. The van der Waals surface area contributed by atoms with Gasteiger partial charge in [0.05, 0.1) is 24.2 Å². The first-order chi connectivity index (χ1) is 12.5. The molecule has 0 spiro atoms. The molecule has 0 aliphatic carbocycles. The molecule has 0 atom stereocenters. The quantitative estimate of drug-likeness (QED) is 0.546. The molecule has 3 heterocycles. The average Bonchev–Trinajstić information content (AvgIpc) is 3.18. The second kappa shape index (κ2) is 6.33. The molecule has 0 aliphatic heterocycles. The lowest BCUT2D eigenvalue weighted by Crippen LogP contribution is -2.05. The molecule has 0 bridgehead atoms. The van der Waals surface area contributed by atoms with Crippen LogP contribution in [-0.2, 0) is 7.05 Å². The van der Waals surface area contributed by atoms with Crippen LogP contribution in [0.4, 0.5) is 0 Å². The van der Waals surface area contributed by atoms with Crippen LogP contribution in [0.5, 0.6) is 5.75 Å². The summed E-state index contributed by atoms with van der Waals surface area (Å²) >= 11 is 0. The number of hydrogen-bond acceptors (Lipinski definition) is 3. The highest BCUT2D eigenvalue weighted by molar-refractivity contribution is 5.71. The molecular formula is C21H22N4O. The van der Waals surface area contributed by atoms with Crippen molar-refractivity contribution >= 4 is 5.65 Å². The normalized spacial score (nSPS) is 11.4. The monoisotopic (exact) mass is 346 g/mol. The molecule has 0 saturated heterocycles. The Balaban J connectivity index is 1.70. The van der Waals surface area contributed by atoms with Crippen LogP contribution in [0.15, 0.2) is 55.0 Å². The number of imidazole rings is 1. The Morgan fingerprint density at radius 3 is 2.42 bits per heavy atom. The van der Waals surface area contributed by atoms with Gasteiger partial charge < -0.3 is 4.74 Å². The zero-order chi connectivity index (χ0) is 18.3. The van der Waals surface area contributed by atoms with Crippen LogP contribution in [0.25, 0.3) is 28.0 Å². The van der Waals surface area contributed by atoms with Gasteiger partial charge in [0.1, 0.15) is 11.4 Å². The third kappa shape index (κ3) is 2.86. The van der Waals surface area contributed by atoms with Crippen molar-refractivity contribution in [2.24, 2.45) is 7.05 Å². The third-order valence-electron chi connectivity index (χ3n) is 4.58. The fourth-order valence-electron chi connectivity index (χ4n) is 3.11. The van der Waals surface area contributed by atoms with Crippen LogP contribution in [-0.4, -0.2) is 25.3 Å². The number of fused-ring (bicyclic) bond motifs is 1. The number of rotatable bonds is 4. The van der Waals surface area contributed by atoms with E-state index in [9.17, 15) is 0 Å². The zero-order valence-corrected chi connectivity index (χ0v) is 15.5. The minimum absolute atomic E-state index is 0.177. The predicted molar refractivity (Wildman–Crippen MR) is 103 cm³/mol. The molecule has 4 aromatic rings. The van der Waals surface area contributed by atoms with Crippen molar-refractivity contribution in [3.63, 3.8) is 0 Å². The maximum atomic E-state index is 5.72. The van der Waals surface area contributed by atoms with Gasteiger partial charge in [0.25, 0.3) is 0 Å². The smallest absolute Gasteiger partial charge is 0.137 e. The van der Waals surface area contributed by atoms with Gasteiger partial charge in [-0.2, -0.15) is 5.10 Å². The van der Waals surface area contributed by atoms with Gasteiger partial charge in [0.2, 0.25) is 0 Å². The zero-order valence-electron chi connectivity index (χ0n) is 15.5. The van der Waals surface area contributed by atoms with Crippen molar-refractivity contribution in [3.8, 4) is 28.1 Å². The van der Waals surface area contributed by atoms with E-state index in [0.29, 0.717) is 0 Å². The van der Waals surface area contributed by atoms with E-state index in [1.54, 1.807) is 0 Å². The van der Waals surface area contributed by atoms with E-state index in [0.717, 1.165) is 39.5 Å². The Bertz CT molecular complexity index is 1060. The summed E-state index contributed by atoms with van der Waals surface area (Å²) in [6.45, 7) is 6.13. The fraction of sp³-hybridized carbons (Fsp3) is 0.238. The van der Waals surface area contributed by atoms with E-state index < -0.39 is 0 Å². The molecule has 5 heteroatoms. The molecule has 132 valence electrons. The second-order valence-electron chi connectivity index (χ2n) is 6.75. The average molecular weight is 346 g/mol. The van der Waals surface area contributed by atoms with Gasteiger partial charge in [-0.3, -0.25) is 9.08 Å². The molecule has 0 saturated carbocycles. The van der Waals surface area contributed by atoms with Gasteiger partial charge in [-0.1, -0.05) is 12.1 Å². The molecule has 0 N–H and O–H groups in total. The van der Waals surface area contributed by atoms with Crippen LogP contribution in [0.1, 0.15) is 19.5 Å². The van der Waals surface area contributed by atoms with Gasteiger partial charge >= 0.3 is 0 Å². The fourth-order valence-corrected chi connectivity index (χ4v) is 3.11. The number of pyridine rings is 1. The maximum Gasteiger partial charge on any atom is 0.137 e. The maximum absolute atomic E-state index is 5.72. The van der Waals surface area contributed by atoms with E-state index >= 15 is 0 Å². The van der Waals surface area contributed by atoms with Crippen LogP contribution in [0.3, 0.4) is 0 Å². The minimum atomic E-state index is 0.177. The van der Waals surface area contributed by atoms with Gasteiger partial charge in [0.15, 0.2) is 0 Å². The number of ether oxygens (including phenoxy) is 1. The highest BCUT2D eigenvalue weighted by Gasteiger charge is 2.12. The number of hydrogen-bond donors (Lipinski definition) is 0. The van der Waals surface area contributed by atoms with Crippen molar-refractivity contribution < 1.29 is 4.74 Å². The lowest BCUT2D eigenvalue weighted by Gasteiger charge is -2.10. The summed E-state index contributed by atoms with van der Waals surface area (Å²) in [6, 6.07) is 12.4. The molecule has 0 radical (unpaired) electrons. The van der Waals surface area contributed by atoms with Crippen LogP contribution in [0, 0.1) is 6.92 Å². The summed E-state index contributed by atoms with van der Waals surface area (Å²) in [4.78, 5) is 4.59. The molecule has 1 aromatic carbocycles. The lowest BCUT2D eigenvalue weighted by molar-refractivity contribution is 0.242. The van der Waals surface area contributed by atoms with Gasteiger partial charge in [0, 0.05) is 24.5 Å². The Kier molecular flexibility index (Phi) is 3.99. The summed E-state index contributed by atoms with van der Waals surface area (Å²) in [7, 11) is 1.95. The van der Waals surface area contributed by atoms with E-state index in [-0.39, 0.29) is 6.10 Å². The largest absolute Gasteiger partial charge is 0.491 e. The first kappa shape index (κ1) is 16.4. The van der Waals surface area contributed by atoms with Gasteiger partial charge in [-0.15, -0.1) is 0 Å². The Morgan fingerprint density at radius 2 is 1.77 bits per heavy atom. The van der Waals surface area contributed by atoms with E-state index in [4.69, 9.17) is 4.74 Å². The SMILES string of the molecule is Cc1c(-c2cnc3cc(-c4ccc(OC(C)C)cc4)ccn23)cnn1C. The van der Waals surface area contributed by atoms with Gasteiger partial charge in [-0.05, 0) is 56.2 Å². The standard InChI is InChI=1S/C21H22N4O/c1-14(2)26-18-7-5-16(6-8-18)17-9-10-25-20(13-22-21(25)11-17)19-12-23-24(4)15(19)3/h5-14H,1-4H3. The molecule has 4 rings (SSSR count). The Morgan fingerprint density at radius 1 is 1.00 bits per heavy atom. The van der Waals surface area contributed by atoms with Crippen LogP contribution < -0.4 is 4.74 Å². The third-order valence-corrected chi connectivity index (χ3v) is 4.58. The molecule has 3 aromatic heterocycles. The molecule has 5 nitrogen and oxygen atoms in total. The minimum Gasteiger partial charge on any atom is -0.491 e. The summed E-state index contributed by atoms with van der Waals surface area (Å²) in [5.74, 6) is 0.889. The van der Waals surface area contributed by atoms with E-state index in [1.807, 2.05) is 50.1 Å². The van der Waals surface area contributed by atoms with Crippen LogP contribution >= 0.6 is 0 Å². The van der Waals surface area contributed by atoms with Gasteiger partial charge in [-0.25, -0.2) is 4.98 Å². The summed E-state index contributed by atoms with van der Waals surface area (Å²) in [5, 5.41) is 4.34. The number of nitrogens with zero attached hydrogens (tertiary/aromatic N) is 4. The summed E-state index contributed by atoms with van der Waals surface area (Å²) < 4.78 is 9.70. The Hall–Kier alpha value is -3.08. The molecule has 0 amide bonds. The van der Waals surface area contributed by atoms with Crippen molar-refractivity contribution in [2.75, 3.05) is 0 Å². The topological polar surface area (TPSA) is 44.4 Å². The molecular weight excluding hydrogens is 324 g/mol. The van der Waals surface area contributed by atoms with E-state index in [2.05, 4.69) is 51.9 Å². The highest BCUT2D eigenvalue weighted by Crippen LogP contribution is 2.27. The number of aryl methyl sites for hydroxylation is 1. The first-order valence-corrected chi connectivity index (χ1v) is 8.76. The first-order valence-electron chi connectivity index (χ1n) is 8.76. The van der Waals surface area contributed by atoms with Crippen LogP contribution in [0.2, 0.25) is 0 Å². The van der Waals surface area contributed by atoms with Crippen molar-refractivity contribution in [1.29, 1.82) is 0 Å². The summed E-state index contributed by atoms with van der Waals surface area (Å²) in [6.07, 6.45) is 6.04. The number of benzene rings is 1. The Labute approximate surface area is 152 Å². The lowest BCUT2D eigenvalue weighted by atomic mass is 10.1. The molecule has 0 fully saturated rings. The number of aromatic nitrogens is 4. The van der Waals surface area contributed by atoms with Crippen molar-refractivity contribution in [1.82, 2.24) is 19.2 Å². The summed E-state index contributed by atoms with van der Waals surface area (Å²) in [5.41, 5.74) is 6.47.